The number of aryl methyl sites for hydroxylation is 1. The average Bonchev–Trinajstić information content (AvgIpc) is 3.34. The van der Waals surface area contributed by atoms with Gasteiger partial charge in [0.05, 0.1) is 0 Å². The van der Waals surface area contributed by atoms with Gasteiger partial charge < -0.3 is 10.2 Å². The van der Waals surface area contributed by atoms with Crippen molar-refractivity contribution in [3.8, 4) is 0 Å². The number of carbonyl (C=O) groups is 2. The van der Waals surface area contributed by atoms with Crippen LogP contribution in [0, 0.1) is 6.92 Å². The molecular formula is C21H29ClN2O2. The van der Waals surface area contributed by atoms with Crippen LogP contribution in [0.4, 0.5) is 0 Å². The maximum absolute atomic E-state index is 13.3. The molecule has 3 rings (SSSR count). The Bertz CT molecular complexity index is 619. The lowest BCUT2D eigenvalue weighted by Gasteiger charge is -2.36. The molecule has 2 saturated carbocycles. The van der Waals surface area contributed by atoms with E-state index in [2.05, 4.69) is 5.32 Å². The topological polar surface area (TPSA) is 49.4 Å². The molecule has 5 heteroatoms. The van der Waals surface area contributed by atoms with Gasteiger partial charge in [-0.1, -0.05) is 55.5 Å². The Morgan fingerprint density at radius 1 is 1.08 bits per heavy atom. The zero-order valence-electron chi connectivity index (χ0n) is 15.5. The molecule has 0 unspecified atom stereocenters. The first-order chi connectivity index (χ1) is 12.6. The number of amides is 2. The number of nitrogens with zero attached hydrogens (tertiary/aromatic N) is 1. The Balaban J connectivity index is 1.92. The first-order valence-electron chi connectivity index (χ1n) is 9.84. The molecule has 4 nitrogen and oxygen atoms in total. The van der Waals surface area contributed by atoms with Gasteiger partial charge in [0.25, 0.3) is 0 Å². The van der Waals surface area contributed by atoms with Gasteiger partial charge in [-0.3, -0.25) is 9.59 Å². The van der Waals surface area contributed by atoms with Crippen molar-refractivity contribution < 1.29 is 9.59 Å². The smallest absolute Gasteiger partial charge is 0.247 e. The van der Waals surface area contributed by atoms with E-state index in [4.69, 9.17) is 11.6 Å². The second-order valence-electron chi connectivity index (χ2n) is 7.68. The molecule has 0 bridgehead atoms. The van der Waals surface area contributed by atoms with Crippen LogP contribution in [-0.2, 0) is 9.59 Å². The second-order valence-corrected chi connectivity index (χ2v) is 7.94. The van der Waals surface area contributed by atoms with Crippen LogP contribution in [0.1, 0.15) is 68.5 Å². The van der Waals surface area contributed by atoms with Gasteiger partial charge in [0.1, 0.15) is 11.9 Å². The molecule has 0 saturated heterocycles. The number of nitrogens with one attached hydrogen (secondary N) is 1. The molecule has 0 spiro atoms. The summed E-state index contributed by atoms with van der Waals surface area (Å²) in [6.07, 6.45) is 8.46. The molecule has 1 atom stereocenters. The first-order valence-corrected chi connectivity index (χ1v) is 10.4. The maximum Gasteiger partial charge on any atom is 0.247 e. The Morgan fingerprint density at radius 3 is 2.23 bits per heavy atom. The first kappa shape index (κ1) is 19.2. The minimum Gasteiger partial charge on any atom is -0.351 e. The fraction of sp³-hybridized carbons (Fsp3) is 0.619. The summed E-state index contributed by atoms with van der Waals surface area (Å²) in [6.45, 7) is 2.02. The molecule has 0 heterocycles. The molecule has 1 aromatic rings. The van der Waals surface area contributed by atoms with Gasteiger partial charge in [-0.25, -0.2) is 0 Å². The predicted molar refractivity (Wildman–Crippen MR) is 104 cm³/mol. The third-order valence-corrected chi connectivity index (χ3v) is 5.97. The molecular weight excluding hydrogens is 348 g/mol. The lowest BCUT2D eigenvalue weighted by molar-refractivity contribution is -0.142. The van der Waals surface area contributed by atoms with E-state index >= 15 is 0 Å². The van der Waals surface area contributed by atoms with Crippen LogP contribution in [0.25, 0.3) is 0 Å². The number of alkyl halides is 1. The minimum absolute atomic E-state index is 0.0638. The zero-order chi connectivity index (χ0) is 18.5. The van der Waals surface area contributed by atoms with E-state index in [0.717, 1.165) is 62.5 Å². The molecule has 1 aromatic carbocycles. The lowest BCUT2D eigenvalue weighted by atomic mass is 9.99. The number of hydrogen-bond acceptors (Lipinski definition) is 2. The highest BCUT2D eigenvalue weighted by Crippen LogP contribution is 2.32. The van der Waals surface area contributed by atoms with E-state index in [0.29, 0.717) is 0 Å². The summed E-state index contributed by atoms with van der Waals surface area (Å²) >= 11 is 5.93. The Labute approximate surface area is 161 Å². The van der Waals surface area contributed by atoms with Crippen molar-refractivity contribution in [2.75, 3.05) is 5.88 Å². The van der Waals surface area contributed by atoms with E-state index in [1.807, 2.05) is 31.2 Å². The standard InChI is InChI=1S/C21H29ClN2O2/c1-15-10-12-16(13-11-15)20(21(26)23-17-6-2-3-7-17)24(19(25)14-22)18-8-4-5-9-18/h10-13,17-18,20H,2-9,14H2,1H3,(H,23,26)/t20-/m1/s1. The van der Waals surface area contributed by atoms with Crippen LogP contribution in [0.3, 0.4) is 0 Å². The Morgan fingerprint density at radius 2 is 1.65 bits per heavy atom. The van der Waals surface area contributed by atoms with E-state index in [9.17, 15) is 9.59 Å². The number of carbonyl (C=O) groups excluding carboxylic acids is 2. The highest BCUT2D eigenvalue weighted by Gasteiger charge is 2.37. The summed E-state index contributed by atoms with van der Waals surface area (Å²) < 4.78 is 0. The summed E-state index contributed by atoms with van der Waals surface area (Å²) in [5.74, 6) is -0.299. The summed E-state index contributed by atoms with van der Waals surface area (Å²) in [4.78, 5) is 27.8. The highest BCUT2D eigenvalue weighted by molar-refractivity contribution is 6.27. The van der Waals surface area contributed by atoms with Gasteiger partial charge in [0, 0.05) is 12.1 Å². The fourth-order valence-electron chi connectivity index (χ4n) is 4.35. The predicted octanol–water partition coefficient (Wildman–Crippen LogP) is 4.10. The number of benzene rings is 1. The maximum atomic E-state index is 13.3. The molecule has 2 fully saturated rings. The summed E-state index contributed by atoms with van der Waals surface area (Å²) in [5, 5.41) is 3.20. The largest absolute Gasteiger partial charge is 0.351 e. The van der Waals surface area contributed by atoms with Crippen LogP contribution < -0.4 is 5.32 Å². The quantitative estimate of drug-likeness (QED) is 0.759. The summed E-state index contributed by atoms with van der Waals surface area (Å²) in [7, 11) is 0. The van der Waals surface area contributed by atoms with Gasteiger partial charge in [-0.2, -0.15) is 0 Å². The molecule has 142 valence electrons. The number of hydrogen-bond donors (Lipinski definition) is 1. The van der Waals surface area contributed by atoms with Gasteiger partial charge in [0.15, 0.2) is 0 Å². The Hall–Kier alpha value is -1.55. The van der Waals surface area contributed by atoms with E-state index < -0.39 is 6.04 Å². The van der Waals surface area contributed by atoms with Crippen molar-refractivity contribution >= 4 is 23.4 Å². The fourth-order valence-corrected chi connectivity index (χ4v) is 4.49. The van der Waals surface area contributed by atoms with E-state index in [1.54, 1.807) is 4.90 Å². The van der Waals surface area contributed by atoms with Crippen molar-refractivity contribution in [3.63, 3.8) is 0 Å². The van der Waals surface area contributed by atoms with E-state index in [1.165, 1.54) is 0 Å². The third-order valence-electron chi connectivity index (χ3n) is 5.74. The molecule has 0 aromatic heterocycles. The third kappa shape index (κ3) is 4.40. The van der Waals surface area contributed by atoms with Crippen LogP contribution >= 0.6 is 11.6 Å². The molecule has 0 radical (unpaired) electrons. The second kappa shape index (κ2) is 8.90. The molecule has 2 aliphatic rings. The molecule has 2 amide bonds. The van der Waals surface area contributed by atoms with Crippen molar-refractivity contribution in [1.29, 1.82) is 0 Å². The van der Waals surface area contributed by atoms with E-state index in [-0.39, 0.29) is 29.8 Å². The number of halogens is 1. The minimum atomic E-state index is -0.592. The van der Waals surface area contributed by atoms with Crippen molar-refractivity contribution in [2.24, 2.45) is 0 Å². The van der Waals surface area contributed by atoms with Crippen LogP contribution in [0.5, 0.6) is 0 Å². The van der Waals surface area contributed by atoms with Crippen LogP contribution in [0.2, 0.25) is 0 Å². The molecule has 26 heavy (non-hydrogen) atoms. The van der Waals surface area contributed by atoms with Gasteiger partial charge >= 0.3 is 0 Å². The van der Waals surface area contributed by atoms with Crippen LogP contribution in [0.15, 0.2) is 24.3 Å². The Kier molecular flexibility index (Phi) is 6.58. The van der Waals surface area contributed by atoms with Gasteiger partial charge in [-0.05, 0) is 38.2 Å². The van der Waals surface area contributed by atoms with Crippen molar-refractivity contribution in [1.82, 2.24) is 10.2 Å². The normalized spacial score (nSPS) is 19.5. The summed E-state index contributed by atoms with van der Waals surface area (Å²) in [5.41, 5.74) is 2.01. The SMILES string of the molecule is Cc1ccc([C@H](C(=O)NC2CCCC2)N(C(=O)CCl)C2CCCC2)cc1. The monoisotopic (exact) mass is 376 g/mol. The summed E-state index contributed by atoms with van der Waals surface area (Å²) in [6, 6.07) is 7.68. The number of rotatable bonds is 6. The van der Waals surface area contributed by atoms with Gasteiger partial charge in [0.2, 0.25) is 11.8 Å². The zero-order valence-corrected chi connectivity index (χ0v) is 16.3. The molecule has 2 aliphatic carbocycles. The average molecular weight is 377 g/mol. The molecule has 1 N–H and O–H groups in total. The van der Waals surface area contributed by atoms with Gasteiger partial charge in [-0.15, -0.1) is 11.6 Å². The lowest BCUT2D eigenvalue weighted by Crippen LogP contribution is -2.50. The molecule has 0 aliphatic heterocycles. The van der Waals surface area contributed by atoms with Crippen molar-refractivity contribution in [3.05, 3.63) is 35.4 Å². The highest BCUT2D eigenvalue weighted by atomic mass is 35.5. The van der Waals surface area contributed by atoms with Crippen molar-refractivity contribution in [2.45, 2.75) is 76.4 Å². The van der Waals surface area contributed by atoms with Crippen LogP contribution in [-0.4, -0.2) is 34.7 Å².